The van der Waals surface area contributed by atoms with Crippen LogP contribution < -0.4 is 10.2 Å². The molecule has 0 bridgehead atoms. The molecular weight excluding hydrogens is 266 g/mol. The SMILES string of the molecule is Cc1cn[nH]c1NC(=O)CN(C)c1ccc(Cl)cn1. The fraction of sp³-hybridized carbons (Fsp3) is 0.250. The highest BCUT2D eigenvalue weighted by Gasteiger charge is 2.10. The summed E-state index contributed by atoms with van der Waals surface area (Å²) in [6, 6.07) is 3.49. The Balaban J connectivity index is 1.95. The molecule has 2 rings (SSSR count). The molecule has 2 aromatic rings. The second-order valence-electron chi connectivity index (χ2n) is 4.17. The summed E-state index contributed by atoms with van der Waals surface area (Å²) in [6.07, 6.45) is 3.20. The first-order valence-electron chi connectivity index (χ1n) is 5.69. The predicted molar refractivity (Wildman–Crippen MR) is 74.5 cm³/mol. The number of carbonyl (C=O) groups is 1. The predicted octanol–water partition coefficient (Wildman–Crippen LogP) is 1.84. The third kappa shape index (κ3) is 3.45. The molecule has 0 atom stereocenters. The normalized spacial score (nSPS) is 10.3. The number of halogens is 1. The van der Waals surface area contributed by atoms with Crippen LogP contribution in [-0.4, -0.2) is 34.7 Å². The molecular formula is C12H14ClN5O. The number of aromatic amines is 1. The number of rotatable bonds is 4. The summed E-state index contributed by atoms with van der Waals surface area (Å²) in [5.74, 6) is 1.15. The molecule has 0 spiro atoms. The summed E-state index contributed by atoms with van der Waals surface area (Å²) in [5.41, 5.74) is 0.889. The summed E-state index contributed by atoms with van der Waals surface area (Å²) < 4.78 is 0. The number of anilines is 2. The van der Waals surface area contributed by atoms with E-state index in [0.29, 0.717) is 16.7 Å². The van der Waals surface area contributed by atoms with E-state index >= 15 is 0 Å². The topological polar surface area (TPSA) is 73.9 Å². The van der Waals surface area contributed by atoms with Gasteiger partial charge in [0, 0.05) is 18.8 Å². The fourth-order valence-electron chi connectivity index (χ4n) is 1.54. The van der Waals surface area contributed by atoms with Gasteiger partial charge in [0.05, 0.1) is 17.8 Å². The standard InChI is InChI=1S/C12H14ClN5O/c1-8-5-15-17-12(8)16-11(19)7-18(2)10-4-3-9(13)6-14-10/h3-6H,7H2,1-2H3,(H2,15,16,17,19). The van der Waals surface area contributed by atoms with Gasteiger partial charge in [0.1, 0.15) is 11.6 Å². The van der Waals surface area contributed by atoms with Crippen LogP contribution in [0.15, 0.2) is 24.5 Å². The molecule has 0 aromatic carbocycles. The highest BCUT2D eigenvalue weighted by molar-refractivity contribution is 6.30. The number of pyridine rings is 1. The third-order valence-electron chi connectivity index (χ3n) is 2.58. The summed E-state index contributed by atoms with van der Waals surface area (Å²) in [4.78, 5) is 17.7. The lowest BCUT2D eigenvalue weighted by Gasteiger charge is -2.17. The minimum absolute atomic E-state index is 0.147. The zero-order valence-corrected chi connectivity index (χ0v) is 11.4. The van der Waals surface area contributed by atoms with Crippen molar-refractivity contribution in [2.75, 3.05) is 23.8 Å². The lowest BCUT2D eigenvalue weighted by atomic mass is 10.3. The Kier molecular flexibility index (Phi) is 4.01. The summed E-state index contributed by atoms with van der Waals surface area (Å²) in [7, 11) is 1.79. The smallest absolute Gasteiger partial charge is 0.245 e. The van der Waals surface area contributed by atoms with Crippen LogP contribution in [0.5, 0.6) is 0 Å². The molecule has 2 aromatic heterocycles. The van der Waals surface area contributed by atoms with Gasteiger partial charge >= 0.3 is 0 Å². The van der Waals surface area contributed by atoms with E-state index in [1.54, 1.807) is 36.5 Å². The van der Waals surface area contributed by atoms with Gasteiger partial charge in [0.25, 0.3) is 0 Å². The molecule has 100 valence electrons. The zero-order chi connectivity index (χ0) is 13.8. The van der Waals surface area contributed by atoms with E-state index in [0.717, 1.165) is 5.56 Å². The molecule has 0 unspecified atom stereocenters. The zero-order valence-electron chi connectivity index (χ0n) is 10.6. The van der Waals surface area contributed by atoms with Crippen molar-refractivity contribution in [3.63, 3.8) is 0 Å². The van der Waals surface area contributed by atoms with Crippen molar-refractivity contribution in [2.45, 2.75) is 6.92 Å². The first-order chi connectivity index (χ1) is 9.06. The fourth-order valence-corrected chi connectivity index (χ4v) is 1.65. The maximum atomic E-state index is 11.9. The first-order valence-corrected chi connectivity index (χ1v) is 6.06. The van der Waals surface area contributed by atoms with E-state index in [1.807, 2.05) is 6.92 Å². The van der Waals surface area contributed by atoms with Gasteiger partial charge < -0.3 is 10.2 Å². The van der Waals surface area contributed by atoms with Crippen LogP contribution in [0.1, 0.15) is 5.56 Å². The van der Waals surface area contributed by atoms with Crippen LogP contribution in [-0.2, 0) is 4.79 Å². The number of carbonyl (C=O) groups excluding carboxylic acids is 1. The van der Waals surface area contributed by atoms with E-state index in [1.165, 1.54) is 0 Å². The molecule has 1 amide bonds. The van der Waals surface area contributed by atoms with Gasteiger partial charge in [-0.3, -0.25) is 9.89 Å². The number of nitrogens with one attached hydrogen (secondary N) is 2. The number of aromatic nitrogens is 3. The van der Waals surface area contributed by atoms with Crippen molar-refractivity contribution in [1.29, 1.82) is 0 Å². The minimum atomic E-state index is -0.147. The molecule has 19 heavy (non-hydrogen) atoms. The number of nitrogens with zero attached hydrogens (tertiary/aromatic N) is 3. The molecule has 0 aliphatic carbocycles. The monoisotopic (exact) mass is 279 g/mol. The number of aryl methyl sites for hydroxylation is 1. The van der Waals surface area contributed by atoms with Gasteiger partial charge in [0.15, 0.2) is 0 Å². The quantitative estimate of drug-likeness (QED) is 0.896. The van der Waals surface area contributed by atoms with Gasteiger partial charge in [-0.15, -0.1) is 0 Å². The van der Waals surface area contributed by atoms with Crippen LogP contribution in [0.4, 0.5) is 11.6 Å². The van der Waals surface area contributed by atoms with Gasteiger partial charge in [-0.1, -0.05) is 11.6 Å². The Bertz CT molecular complexity index is 566. The largest absolute Gasteiger partial charge is 0.350 e. The van der Waals surface area contributed by atoms with Crippen LogP contribution >= 0.6 is 11.6 Å². The molecule has 2 N–H and O–H groups in total. The Morgan fingerprint density at radius 3 is 2.84 bits per heavy atom. The molecule has 0 saturated carbocycles. The van der Waals surface area contributed by atoms with E-state index in [9.17, 15) is 4.79 Å². The van der Waals surface area contributed by atoms with Gasteiger partial charge in [-0.25, -0.2) is 4.98 Å². The molecule has 0 fully saturated rings. The van der Waals surface area contributed by atoms with Crippen molar-refractivity contribution in [3.05, 3.63) is 35.1 Å². The Morgan fingerprint density at radius 2 is 2.26 bits per heavy atom. The van der Waals surface area contributed by atoms with Crippen molar-refractivity contribution >= 4 is 29.1 Å². The maximum absolute atomic E-state index is 11.9. The molecule has 6 nitrogen and oxygen atoms in total. The molecule has 7 heteroatoms. The van der Waals surface area contributed by atoms with E-state index in [-0.39, 0.29) is 12.5 Å². The van der Waals surface area contributed by atoms with Crippen molar-refractivity contribution in [3.8, 4) is 0 Å². The Morgan fingerprint density at radius 1 is 1.47 bits per heavy atom. The van der Waals surface area contributed by atoms with Crippen LogP contribution in [0.25, 0.3) is 0 Å². The van der Waals surface area contributed by atoms with E-state index in [4.69, 9.17) is 11.6 Å². The lowest BCUT2D eigenvalue weighted by molar-refractivity contribution is -0.115. The first kappa shape index (κ1) is 13.4. The van der Waals surface area contributed by atoms with Crippen molar-refractivity contribution in [2.24, 2.45) is 0 Å². The second kappa shape index (κ2) is 5.71. The average molecular weight is 280 g/mol. The number of hydrogen-bond acceptors (Lipinski definition) is 4. The Labute approximate surface area is 115 Å². The summed E-state index contributed by atoms with van der Waals surface area (Å²) in [5, 5.41) is 9.88. The molecule has 0 aliphatic rings. The van der Waals surface area contributed by atoms with Gasteiger partial charge in [-0.2, -0.15) is 5.10 Å². The molecule has 0 saturated heterocycles. The number of amides is 1. The summed E-state index contributed by atoms with van der Waals surface area (Å²) >= 11 is 5.76. The van der Waals surface area contributed by atoms with Crippen LogP contribution in [0.3, 0.4) is 0 Å². The number of hydrogen-bond donors (Lipinski definition) is 2. The third-order valence-corrected chi connectivity index (χ3v) is 2.80. The average Bonchev–Trinajstić information content (AvgIpc) is 2.75. The molecule has 2 heterocycles. The Hall–Kier alpha value is -2.08. The van der Waals surface area contributed by atoms with Crippen LogP contribution in [0, 0.1) is 6.92 Å². The molecule has 0 aliphatic heterocycles. The van der Waals surface area contributed by atoms with Crippen molar-refractivity contribution in [1.82, 2.24) is 15.2 Å². The number of H-pyrrole nitrogens is 1. The summed E-state index contributed by atoms with van der Waals surface area (Å²) in [6.45, 7) is 2.05. The van der Waals surface area contributed by atoms with E-state index in [2.05, 4.69) is 20.5 Å². The highest BCUT2D eigenvalue weighted by atomic mass is 35.5. The second-order valence-corrected chi connectivity index (χ2v) is 4.60. The van der Waals surface area contributed by atoms with Crippen LogP contribution in [0.2, 0.25) is 5.02 Å². The highest BCUT2D eigenvalue weighted by Crippen LogP contribution is 2.13. The van der Waals surface area contributed by atoms with Gasteiger partial charge in [-0.05, 0) is 19.1 Å². The lowest BCUT2D eigenvalue weighted by Crippen LogP contribution is -2.30. The molecule has 0 radical (unpaired) electrons. The van der Waals surface area contributed by atoms with Crippen molar-refractivity contribution < 1.29 is 4.79 Å². The van der Waals surface area contributed by atoms with E-state index < -0.39 is 0 Å². The maximum Gasteiger partial charge on any atom is 0.245 e. The number of likely N-dealkylation sites (N-methyl/N-ethyl adjacent to an activating group) is 1. The van der Waals surface area contributed by atoms with Gasteiger partial charge in [0.2, 0.25) is 5.91 Å². The minimum Gasteiger partial charge on any atom is -0.350 e.